The van der Waals surface area contributed by atoms with Gasteiger partial charge < -0.3 is 98.4 Å². The highest BCUT2D eigenvalue weighted by molar-refractivity contribution is 8.00. The number of amides is 15. The largest absolute Gasteiger partial charge is 0.508 e. The predicted molar refractivity (Wildman–Crippen MR) is 492 cm³/mol. The summed E-state index contributed by atoms with van der Waals surface area (Å²) in [6.45, 7) is 5.89. The van der Waals surface area contributed by atoms with E-state index in [0.29, 0.717) is 63.3 Å². The number of carbonyl (C=O) groups excluding carboxylic acids is 15. The van der Waals surface area contributed by atoms with Crippen molar-refractivity contribution in [1.82, 2.24) is 77.3 Å². The number of para-hydroxylation sites is 1. The van der Waals surface area contributed by atoms with Gasteiger partial charge in [-0.15, -0.1) is 11.8 Å². The van der Waals surface area contributed by atoms with Crippen LogP contribution in [0, 0.1) is 23.5 Å². The molecule has 2 heterocycles. The fraction of sp³-hybridized carbons (Fsp3) is 0.426. The second kappa shape index (κ2) is 50.2. The van der Waals surface area contributed by atoms with E-state index in [2.05, 4.69) is 52.8 Å². The van der Waals surface area contributed by atoms with Gasteiger partial charge in [0.15, 0.2) is 11.6 Å². The number of primary amides is 1. The number of phenolic OH excluding ortho intramolecular Hbond substituents is 2. The number of benzene rings is 6. The van der Waals surface area contributed by atoms with E-state index in [0.717, 1.165) is 36.6 Å². The Balaban J connectivity index is 1.23. The number of carbonyl (C=O) groups is 16. The zero-order valence-corrected chi connectivity index (χ0v) is 77.3. The Morgan fingerprint density at radius 3 is 1.60 bits per heavy atom. The first-order valence-electron chi connectivity index (χ1n) is 43.5. The molecule has 0 saturated carbocycles. The number of unbranched alkanes of at least 4 members (excludes halogenated alkanes) is 1. The molecule has 11 atom stereocenters. The maximum Gasteiger partial charge on any atom is 0.305 e. The number of carboxylic acid groups (broad SMARTS) is 1. The number of nitrogens with zero attached hydrogens (tertiary/aromatic N) is 5. The SMILES string of the molecule is CCCC[C@H]1C(=O)N(C)CC(=O)N[C@@H](CC(=O)O)C(=O)N[C@@H](C(C)C)C(=O)N(C)[C@@H](Cc2ccccc2)C(=O)N[C@@H](Cc2ccc(O)cc2)C(=O)N(C)CC(=O)N[C@@H](Cc2c[nH]c3ccccc23)C(=O)N[C@@H](CCc2ccc(O)cc2)C(=O)N[C@@H](CC(C)C)C(=O)N[C@H](C(=O)NCC(N)=O)CSCC(=O)N[C@@H](Cc2cc(F)c(F)c(Cl)c2)C(=O)N(C)[C@@H](Cc2ccccc2)C(=O)N1C. The number of thioether (sulfide) groups is 1. The van der Waals surface area contributed by atoms with Crippen molar-refractivity contribution < 1.29 is 101 Å². The van der Waals surface area contributed by atoms with Gasteiger partial charge in [-0.25, -0.2) is 8.78 Å². The molecular weight excluding hydrogens is 1760 g/mol. The molecule has 0 radical (unpaired) electrons. The number of carboxylic acids is 1. The van der Waals surface area contributed by atoms with E-state index in [1.54, 1.807) is 138 Å². The number of aliphatic carboxylic acids is 1. The van der Waals surface area contributed by atoms with Gasteiger partial charge in [0.1, 0.15) is 78.0 Å². The smallest absolute Gasteiger partial charge is 0.305 e. The minimum Gasteiger partial charge on any atom is -0.508 e. The number of halogens is 3. The Bertz CT molecular complexity index is 5270. The molecule has 1 aliphatic heterocycles. The normalized spacial score (nSPS) is 21.6. The van der Waals surface area contributed by atoms with Crippen LogP contribution < -0.4 is 53.6 Å². The van der Waals surface area contributed by atoms with Crippen LogP contribution >= 0.6 is 23.4 Å². The molecule has 15 amide bonds. The highest BCUT2D eigenvalue weighted by atomic mass is 35.5. The molecule has 7 aromatic rings. The fourth-order valence-electron chi connectivity index (χ4n) is 15.2. The number of aryl methyl sites for hydroxylation is 1. The number of phenols is 2. The molecule has 1 fully saturated rings. The number of nitrogens with two attached hydrogens (primary N) is 1. The van der Waals surface area contributed by atoms with Crippen molar-refractivity contribution in [3.63, 3.8) is 0 Å². The van der Waals surface area contributed by atoms with E-state index in [9.17, 15) is 58.1 Å². The number of hydrogen-bond acceptors (Lipinski definition) is 19. The lowest BCUT2D eigenvalue weighted by molar-refractivity contribution is -0.151. The van der Waals surface area contributed by atoms with Crippen molar-refractivity contribution in [2.75, 3.05) is 66.4 Å². The Hall–Kier alpha value is -13.5. The summed E-state index contributed by atoms with van der Waals surface area (Å²) in [5, 5.41) is 54.4. The number of aromatic amines is 1. The van der Waals surface area contributed by atoms with Gasteiger partial charge in [-0.3, -0.25) is 76.7 Å². The lowest BCUT2D eigenvalue weighted by Crippen LogP contribution is -2.61. The molecule has 1 saturated heterocycles. The summed E-state index contributed by atoms with van der Waals surface area (Å²) < 4.78 is 30.2. The zero-order chi connectivity index (χ0) is 97.6. The van der Waals surface area contributed by atoms with Gasteiger partial charge in [-0.2, -0.15) is 0 Å². The molecular formula is C94H117ClF2N16O19S. The molecule has 0 spiro atoms. The minimum absolute atomic E-state index is 0.0351. The molecule has 0 bridgehead atoms. The summed E-state index contributed by atoms with van der Waals surface area (Å²) >= 11 is 6.87. The maximum atomic E-state index is 15.5. The third kappa shape index (κ3) is 31.3. The summed E-state index contributed by atoms with van der Waals surface area (Å²) in [6, 6.07) is 19.2. The van der Waals surface area contributed by atoms with Crippen LogP contribution in [0.5, 0.6) is 11.5 Å². The lowest BCUT2D eigenvalue weighted by atomic mass is 9.98. The van der Waals surface area contributed by atoms with Crippen LogP contribution in [0.3, 0.4) is 0 Å². The number of fused-ring (bicyclic) bond motifs is 1. The van der Waals surface area contributed by atoms with Crippen LogP contribution in [0.4, 0.5) is 8.78 Å². The summed E-state index contributed by atoms with van der Waals surface area (Å²) in [5.74, 6) is -21.6. The number of nitrogens with one attached hydrogen (secondary N) is 10. The second-order valence-corrected chi connectivity index (χ2v) is 35.2. The molecule has 0 unspecified atom stereocenters. The predicted octanol–water partition coefficient (Wildman–Crippen LogP) is 3.65. The highest BCUT2D eigenvalue weighted by Crippen LogP contribution is 2.27. The van der Waals surface area contributed by atoms with Gasteiger partial charge in [0.25, 0.3) is 0 Å². The van der Waals surface area contributed by atoms with Crippen LogP contribution in [-0.2, 0) is 115 Å². The van der Waals surface area contributed by atoms with Crippen LogP contribution in [0.15, 0.2) is 152 Å². The Morgan fingerprint density at radius 2 is 1.02 bits per heavy atom. The van der Waals surface area contributed by atoms with Crippen molar-refractivity contribution in [3.05, 3.63) is 202 Å². The van der Waals surface area contributed by atoms with Crippen molar-refractivity contribution in [2.24, 2.45) is 17.6 Å². The average Bonchev–Trinajstić information content (AvgIpc) is 1.26. The van der Waals surface area contributed by atoms with E-state index >= 15 is 42.7 Å². The van der Waals surface area contributed by atoms with Crippen molar-refractivity contribution in [1.29, 1.82) is 0 Å². The number of hydrogen-bond donors (Lipinski definition) is 14. The molecule has 0 aliphatic carbocycles. The number of likely N-dealkylation sites (N-methyl/N-ethyl adjacent to an activating group) is 5. The van der Waals surface area contributed by atoms with Gasteiger partial charge in [0.05, 0.1) is 36.8 Å². The average molecular weight is 1880 g/mol. The van der Waals surface area contributed by atoms with Gasteiger partial charge in [-0.1, -0.05) is 162 Å². The quantitative estimate of drug-likeness (QED) is 0.0384. The van der Waals surface area contributed by atoms with Crippen LogP contribution in [0.25, 0.3) is 10.9 Å². The molecule has 133 heavy (non-hydrogen) atoms. The standard InChI is InChI=1S/C94H117ClF2N16O19S/c1-11-12-27-74-92(130)110(7)50-79(118)102-70(46-81(120)121)88(126)108-83(54(4)5)94(132)112(9)75(43-56-21-15-13-16-22-56)89(127)106-71(41-58-30-35-62(115)36-31-58)90(128)109(6)49-78(117)101-69(45-60-47-99-66-26-20-19-25-63(60)66)87(125)104-67(37-32-55-28-33-61(114)34-29-55)85(123)105-68(38-53(2)3)86(124)107-73(84(122)100-48-77(98)116)51-133-52-80(119)103-72(42-59-39-64(95)82(97)65(96)40-59)91(129)113(10)76(93(131)111(74)8)44-57-23-17-14-18-24-57/h13-26,28-31,33-36,39-40,47,53-54,67-76,83,99,114-115H,11-12,27,32,37-38,41-46,48-52H2,1-10H3,(H2,98,116)(H,100,122)(H,101,117)(H,102,118)(H,103,119)(H,104,125)(H,105,123)(H,106,127)(H,107,124)(H,108,126)(H,120,121)/t67-,68-,69-,70-,71-,72-,73-,74-,75-,76-,83-/m0/s1. The summed E-state index contributed by atoms with van der Waals surface area (Å²) in [6.07, 6.45) is -0.755. The van der Waals surface area contributed by atoms with E-state index < -0.39 is 234 Å². The second-order valence-electron chi connectivity index (χ2n) is 33.8. The van der Waals surface area contributed by atoms with Gasteiger partial charge in [0.2, 0.25) is 88.6 Å². The fourth-order valence-corrected chi connectivity index (χ4v) is 16.3. The number of aromatic hydroxyl groups is 2. The molecule has 39 heteroatoms. The number of H-pyrrole nitrogens is 1. The van der Waals surface area contributed by atoms with E-state index in [1.807, 2.05) is 0 Å². The Kier molecular flexibility index (Phi) is 39.6. The molecule has 714 valence electrons. The minimum atomic E-state index is -1.95. The zero-order valence-electron chi connectivity index (χ0n) is 75.7. The van der Waals surface area contributed by atoms with E-state index in [1.165, 1.54) is 71.6 Å². The first-order valence-corrected chi connectivity index (χ1v) is 45.0. The Morgan fingerprint density at radius 1 is 0.511 bits per heavy atom. The third-order valence-corrected chi connectivity index (χ3v) is 23.9. The third-order valence-electron chi connectivity index (χ3n) is 22.5. The van der Waals surface area contributed by atoms with E-state index in [4.69, 9.17) is 17.3 Å². The number of aromatic nitrogens is 1. The lowest BCUT2D eigenvalue weighted by Gasteiger charge is -2.37. The molecule has 35 nitrogen and oxygen atoms in total. The monoisotopic (exact) mass is 1880 g/mol. The number of rotatable bonds is 24. The van der Waals surface area contributed by atoms with Crippen molar-refractivity contribution >= 4 is 129 Å². The summed E-state index contributed by atoms with van der Waals surface area (Å²) in [5.41, 5.74) is 8.40. The van der Waals surface area contributed by atoms with Crippen LogP contribution in [0.2, 0.25) is 5.02 Å². The first-order chi connectivity index (χ1) is 63.1. The first kappa shape index (κ1) is 105. The van der Waals surface area contributed by atoms with E-state index in [-0.39, 0.29) is 68.4 Å². The molecule has 15 N–H and O–H groups in total. The van der Waals surface area contributed by atoms with Crippen molar-refractivity contribution in [3.8, 4) is 11.5 Å². The molecule has 8 rings (SSSR count). The summed E-state index contributed by atoms with van der Waals surface area (Å²) in [4.78, 5) is 243. The molecule has 1 aliphatic rings. The van der Waals surface area contributed by atoms with Gasteiger partial charge >= 0.3 is 5.97 Å². The van der Waals surface area contributed by atoms with Crippen LogP contribution in [0.1, 0.15) is 107 Å². The topological polar surface area (TPSA) is 500 Å². The molecule has 1 aromatic heterocycles. The molecule has 6 aromatic carbocycles. The van der Waals surface area contributed by atoms with Gasteiger partial charge in [-0.05, 0) is 113 Å². The highest BCUT2D eigenvalue weighted by Gasteiger charge is 2.43. The van der Waals surface area contributed by atoms with Gasteiger partial charge in [0, 0.05) is 90.2 Å². The van der Waals surface area contributed by atoms with Crippen LogP contribution in [-0.4, -0.2) is 272 Å². The van der Waals surface area contributed by atoms with Crippen molar-refractivity contribution in [2.45, 2.75) is 178 Å². The summed E-state index contributed by atoms with van der Waals surface area (Å²) in [7, 11) is 6.22. The maximum absolute atomic E-state index is 15.5. The Labute approximate surface area is 778 Å².